The fourth-order valence-electron chi connectivity index (χ4n) is 4.41. The summed E-state index contributed by atoms with van der Waals surface area (Å²) >= 11 is 0. The molecular formula is C25H33N5O3. The van der Waals surface area contributed by atoms with Crippen LogP contribution in [-0.2, 0) is 26.6 Å². The van der Waals surface area contributed by atoms with Crippen LogP contribution < -0.4 is 20.9 Å². The molecule has 1 saturated heterocycles. The second-order valence-corrected chi connectivity index (χ2v) is 8.92. The maximum Gasteiger partial charge on any atom is 0.332 e. The van der Waals surface area contributed by atoms with Crippen molar-refractivity contribution in [3.05, 3.63) is 62.3 Å². The molecule has 0 bridgehead atoms. The van der Waals surface area contributed by atoms with Gasteiger partial charge < -0.3 is 14.2 Å². The van der Waals surface area contributed by atoms with Gasteiger partial charge in [0.05, 0.1) is 7.11 Å². The van der Waals surface area contributed by atoms with E-state index < -0.39 is 0 Å². The number of ether oxygens (including phenoxy) is 1. The summed E-state index contributed by atoms with van der Waals surface area (Å²) in [6.45, 7) is 6.76. The Morgan fingerprint density at radius 3 is 2.58 bits per heavy atom. The molecule has 0 radical (unpaired) electrons. The molecule has 33 heavy (non-hydrogen) atoms. The lowest BCUT2D eigenvalue weighted by Crippen LogP contribution is -2.40. The van der Waals surface area contributed by atoms with Crippen LogP contribution >= 0.6 is 0 Å². The van der Waals surface area contributed by atoms with Gasteiger partial charge >= 0.3 is 5.69 Å². The highest BCUT2D eigenvalue weighted by molar-refractivity contribution is 5.74. The number of rotatable bonds is 7. The smallest absolute Gasteiger partial charge is 0.332 e. The van der Waals surface area contributed by atoms with Crippen LogP contribution in [0.25, 0.3) is 11.2 Å². The van der Waals surface area contributed by atoms with Crippen molar-refractivity contribution in [3.8, 4) is 5.75 Å². The number of benzene rings is 1. The third-order valence-corrected chi connectivity index (χ3v) is 6.29. The van der Waals surface area contributed by atoms with E-state index in [1.165, 1.54) is 21.1 Å². The molecule has 1 aliphatic heterocycles. The van der Waals surface area contributed by atoms with Gasteiger partial charge in [-0.2, -0.15) is 4.98 Å². The molecule has 1 fully saturated rings. The number of methoxy groups -OCH3 is 1. The highest BCUT2D eigenvalue weighted by Gasteiger charge is 2.24. The summed E-state index contributed by atoms with van der Waals surface area (Å²) in [7, 11) is 3.32. The number of allylic oxidation sites excluding steroid dienone is 2. The molecule has 0 spiro atoms. The van der Waals surface area contributed by atoms with Gasteiger partial charge in [0.15, 0.2) is 11.2 Å². The Balaban J connectivity index is 1.81. The molecule has 0 unspecified atom stereocenters. The molecule has 1 aromatic carbocycles. The highest BCUT2D eigenvalue weighted by atomic mass is 16.5. The number of imidazole rings is 1. The van der Waals surface area contributed by atoms with Gasteiger partial charge in [-0.1, -0.05) is 23.8 Å². The van der Waals surface area contributed by atoms with Gasteiger partial charge in [-0.3, -0.25) is 13.9 Å². The van der Waals surface area contributed by atoms with Crippen molar-refractivity contribution in [2.45, 2.75) is 52.6 Å². The largest absolute Gasteiger partial charge is 0.497 e. The fraction of sp³-hybridized carbons (Fsp3) is 0.480. The number of nitrogens with zero attached hydrogens (tertiary/aromatic N) is 5. The zero-order valence-corrected chi connectivity index (χ0v) is 20.0. The molecule has 0 aliphatic carbocycles. The SMILES string of the molecule is COc1cccc(CCn2c(=O)c3c(nc(N4CCCCC4)n3CC=C(C)C)n(C)c2=O)c1. The normalized spacial score (nSPS) is 14.0. The predicted octanol–water partition coefficient (Wildman–Crippen LogP) is 3.10. The molecule has 3 aromatic rings. The van der Waals surface area contributed by atoms with Crippen molar-refractivity contribution in [2.75, 3.05) is 25.1 Å². The van der Waals surface area contributed by atoms with Gasteiger partial charge in [0.1, 0.15) is 5.75 Å². The summed E-state index contributed by atoms with van der Waals surface area (Å²) < 4.78 is 10.1. The first-order valence-electron chi connectivity index (χ1n) is 11.6. The molecule has 0 N–H and O–H groups in total. The molecule has 176 valence electrons. The molecular weight excluding hydrogens is 418 g/mol. The second kappa shape index (κ2) is 9.68. The number of hydrogen-bond acceptors (Lipinski definition) is 5. The Morgan fingerprint density at radius 1 is 1.12 bits per heavy atom. The van der Waals surface area contributed by atoms with Crippen LogP contribution in [0.3, 0.4) is 0 Å². The molecule has 2 aromatic heterocycles. The Hall–Kier alpha value is -3.29. The molecule has 8 nitrogen and oxygen atoms in total. The van der Waals surface area contributed by atoms with Crippen LogP contribution in [0.1, 0.15) is 38.7 Å². The van der Waals surface area contributed by atoms with Crippen LogP contribution in [0.2, 0.25) is 0 Å². The molecule has 0 atom stereocenters. The molecule has 1 aliphatic rings. The van der Waals surface area contributed by atoms with Crippen LogP contribution in [0.4, 0.5) is 5.95 Å². The zero-order chi connectivity index (χ0) is 23.5. The summed E-state index contributed by atoms with van der Waals surface area (Å²) in [4.78, 5) is 33.8. The summed E-state index contributed by atoms with van der Waals surface area (Å²) in [6.07, 6.45) is 6.07. The highest BCUT2D eigenvalue weighted by Crippen LogP contribution is 2.23. The standard InChI is InChI=1S/C25H33N5O3/c1-18(2)11-15-29-21-22(26-24(29)28-13-6-5-7-14-28)27(3)25(32)30(23(21)31)16-12-19-9-8-10-20(17-19)33-4/h8-11,17H,5-7,12-16H2,1-4H3. The van der Waals surface area contributed by atoms with E-state index >= 15 is 0 Å². The van der Waals surface area contributed by atoms with Crippen LogP contribution in [-0.4, -0.2) is 38.9 Å². The topological polar surface area (TPSA) is 74.3 Å². The van der Waals surface area contributed by atoms with Gasteiger partial charge in [0.25, 0.3) is 5.56 Å². The van der Waals surface area contributed by atoms with E-state index in [9.17, 15) is 9.59 Å². The minimum absolute atomic E-state index is 0.283. The van der Waals surface area contributed by atoms with Crippen molar-refractivity contribution in [2.24, 2.45) is 7.05 Å². The third kappa shape index (κ3) is 4.60. The van der Waals surface area contributed by atoms with Crippen LogP contribution in [0.5, 0.6) is 5.75 Å². The molecule has 4 rings (SSSR count). The van der Waals surface area contributed by atoms with E-state index in [-0.39, 0.29) is 11.2 Å². The van der Waals surface area contributed by atoms with Crippen LogP contribution in [0.15, 0.2) is 45.5 Å². The van der Waals surface area contributed by atoms with E-state index in [1.807, 2.05) is 42.7 Å². The predicted molar refractivity (Wildman–Crippen MR) is 131 cm³/mol. The van der Waals surface area contributed by atoms with Gasteiger partial charge in [-0.25, -0.2) is 4.79 Å². The third-order valence-electron chi connectivity index (χ3n) is 6.29. The van der Waals surface area contributed by atoms with Crippen molar-refractivity contribution in [3.63, 3.8) is 0 Å². The minimum atomic E-state index is -0.340. The minimum Gasteiger partial charge on any atom is -0.497 e. The zero-order valence-electron chi connectivity index (χ0n) is 20.0. The number of piperidine rings is 1. The van der Waals surface area contributed by atoms with Crippen molar-refractivity contribution in [1.82, 2.24) is 18.7 Å². The van der Waals surface area contributed by atoms with E-state index in [0.29, 0.717) is 30.7 Å². The van der Waals surface area contributed by atoms with Crippen molar-refractivity contribution < 1.29 is 4.74 Å². The lowest BCUT2D eigenvalue weighted by molar-refractivity contribution is 0.414. The summed E-state index contributed by atoms with van der Waals surface area (Å²) in [6, 6.07) is 7.70. The Kier molecular flexibility index (Phi) is 6.72. The average molecular weight is 452 g/mol. The number of anilines is 1. The van der Waals surface area contributed by atoms with Crippen LogP contribution in [0, 0.1) is 0 Å². The number of fused-ring (bicyclic) bond motifs is 1. The van der Waals surface area contributed by atoms with E-state index in [2.05, 4.69) is 11.0 Å². The lowest BCUT2D eigenvalue weighted by Gasteiger charge is -2.28. The Labute approximate surface area is 193 Å². The number of aryl methyl sites for hydroxylation is 2. The molecule has 0 saturated carbocycles. The maximum atomic E-state index is 13.6. The number of hydrogen-bond donors (Lipinski definition) is 0. The maximum absolute atomic E-state index is 13.6. The number of aromatic nitrogens is 4. The van der Waals surface area contributed by atoms with Gasteiger partial charge in [0.2, 0.25) is 5.95 Å². The summed E-state index contributed by atoms with van der Waals surface area (Å²) in [5.41, 5.74) is 2.49. The quantitative estimate of drug-likeness (QED) is 0.516. The molecule has 0 amide bonds. The average Bonchev–Trinajstić information content (AvgIpc) is 3.22. The molecule has 3 heterocycles. The first-order valence-corrected chi connectivity index (χ1v) is 11.6. The molecule has 8 heteroatoms. The summed E-state index contributed by atoms with van der Waals surface area (Å²) in [5.74, 6) is 1.54. The lowest BCUT2D eigenvalue weighted by atomic mass is 10.1. The monoisotopic (exact) mass is 451 g/mol. The second-order valence-electron chi connectivity index (χ2n) is 8.92. The summed E-state index contributed by atoms with van der Waals surface area (Å²) in [5, 5.41) is 0. The van der Waals surface area contributed by atoms with E-state index in [4.69, 9.17) is 9.72 Å². The fourth-order valence-corrected chi connectivity index (χ4v) is 4.41. The van der Waals surface area contributed by atoms with Crippen molar-refractivity contribution >= 4 is 17.1 Å². The van der Waals surface area contributed by atoms with Crippen molar-refractivity contribution in [1.29, 1.82) is 0 Å². The van der Waals surface area contributed by atoms with E-state index in [0.717, 1.165) is 43.2 Å². The first kappa shape index (κ1) is 22.9. The van der Waals surface area contributed by atoms with E-state index in [1.54, 1.807) is 14.2 Å². The Morgan fingerprint density at radius 2 is 1.88 bits per heavy atom. The first-order chi connectivity index (χ1) is 15.9. The van der Waals surface area contributed by atoms with Gasteiger partial charge in [0, 0.05) is 33.2 Å². The van der Waals surface area contributed by atoms with Gasteiger partial charge in [-0.15, -0.1) is 0 Å². The van der Waals surface area contributed by atoms with Gasteiger partial charge in [-0.05, 0) is 57.2 Å². The Bertz CT molecular complexity index is 1290.